The van der Waals surface area contributed by atoms with Crippen molar-refractivity contribution in [2.24, 2.45) is 11.3 Å². The minimum Gasteiger partial charge on any atom is -0.507 e. The summed E-state index contributed by atoms with van der Waals surface area (Å²) in [5.74, 6) is -1.16. The molecule has 2 amide bonds. The van der Waals surface area contributed by atoms with E-state index in [4.69, 9.17) is 0 Å². The van der Waals surface area contributed by atoms with Crippen LogP contribution >= 0.6 is 0 Å². The van der Waals surface area contributed by atoms with Gasteiger partial charge in [-0.3, -0.25) is 9.59 Å². The Morgan fingerprint density at radius 2 is 1.86 bits per heavy atom. The average Bonchev–Trinajstić information content (AvgIpc) is 2.90. The molecule has 4 nitrogen and oxygen atoms in total. The fourth-order valence-corrected chi connectivity index (χ4v) is 4.73. The predicted octanol–water partition coefficient (Wildman–Crippen LogP) is 4.50. The molecule has 1 aliphatic carbocycles. The maximum Gasteiger partial charge on any atom is 0.241 e. The van der Waals surface area contributed by atoms with E-state index in [1.165, 1.54) is 4.90 Å². The highest BCUT2D eigenvalue weighted by Crippen LogP contribution is 2.58. The summed E-state index contributed by atoms with van der Waals surface area (Å²) in [6, 6.07) is 14.6. The van der Waals surface area contributed by atoms with Gasteiger partial charge in [-0.05, 0) is 43.5 Å². The van der Waals surface area contributed by atoms with Gasteiger partial charge >= 0.3 is 0 Å². The number of phenolic OH excluding ortho intramolecular Hbond substituents is 1. The van der Waals surface area contributed by atoms with Crippen molar-refractivity contribution < 1.29 is 14.7 Å². The number of rotatable bonds is 3. The summed E-state index contributed by atoms with van der Waals surface area (Å²) >= 11 is 0. The number of aromatic hydroxyl groups is 1. The van der Waals surface area contributed by atoms with Gasteiger partial charge in [0.2, 0.25) is 11.8 Å². The predicted molar refractivity (Wildman–Crippen MR) is 109 cm³/mol. The van der Waals surface area contributed by atoms with E-state index in [1.54, 1.807) is 18.2 Å². The van der Waals surface area contributed by atoms with E-state index in [0.717, 1.165) is 11.1 Å². The van der Waals surface area contributed by atoms with Crippen LogP contribution in [0.25, 0.3) is 0 Å². The lowest BCUT2D eigenvalue weighted by Gasteiger charge is -2.40. The Hall–Kier alpha value is -3.14. The molecule has 2 aromatic rings. The summed E-state index contributed by atoms with van der Waals surface area (Å²) in [6.45, 7) is 7.60. The number of carbonyl (C=O) groups excluding carboxylic acids is 2. The Morgan fingerprint density at radius 1 is 1.14 bits per heavy atom. The van der Waals surface area contributed by atoms with Gasteiger partial charge in [-0.2, -0.15) is 0 Å². The zero-order valence-electron chi connectivity index (χ0n) is 16.1. The average molecular weight is 373 g/mol. The fourth-order valence-electron chi connectivity index (χ4n) is 4.73. The normalized spacial score (nSPS) is 26.8. The van der Waals surface area contributed by atoms with E-state index >= 15 is 0 Å². The number of nitrogens with zero attached hydrogens (tertiary/aromatic N) is 1. The van der Waals surface area contributed by atoms with E-state index in [2.05, 4.69) is 6.58 Å². The summed E-state index contributed by atoms with van der Waals surface area (Å²) in [5.41, 5.74) is 1.87. The zero-order valence-corrected chi connectivity index (χ0v) is 16.1. The third-order valence-electron chi connectivity index (χ3n) is 6.26. The SMILES string of the molecule is C=CC1=CC[C@H]2C(=O)N(c3ccccc3)C(=O)[C@@]2(C)[C@H]1c1cccc(C)c1O. The van der Waals surface area contributed by atoms with Gasteiger partial charge in [0.15, 0.2) is 0 Å². The van der Waals surface area contributed by atoms with Gasteiger partial charge in [0.05, 0.1) is 17.0 Å². The summed E-state index contributed by atoms with van der Waals surface area (Å²) in [6.07, 6.45) is 4.19. The molecule has 1 N–H and O–H groups in total. The number of anilines is 1. The summed E-state index contributed by atoms with van der Waals surface area (Å²) in [5, 5.41) is 10.8. The number of fused-ring (bicyclic) bond motifs is 1. The van der Waals surface area contributed by atoms with Crippen LogP contribution in [0, 0.1) is 18.3 Å². The van der Waals surface area contributed by atoms with Gasteiger partial charge in [-0.25, -0.2) is 4.90 Å². The number of para-hydroxylation sites is 2. The molecule has 2 aromatic carbocycles. The highest BCUT2D eigenvalue weighted by atomic mass is 16.3. The first-order chi connectivity index (χ1) is 13.4. The van der Waals surface area contributed by atoms with Crippen molar-refractivity contribution in [3.63, 3.8) is 0 Å². The van der Waals surface area contributed by atoms with Crippen LogP contribution in [0.2, 0.25) is 0 Å². The van der Waals surface area contributed by atoms with Gasteiger partial charge in [-0.1, -0.05) is 55.1 Å². The van der Waals surface area contributed by atoms with Crippen LogP contribution in [-0.2, 0) is 9.59 Å². The molecule has 1 fully saturated rings. The Balaban J connectivity index is 1.91. The first-order valence-corrected chi connectivity index (χ1v) is 9.45. The Bertz CT molecular complexity index is 1010. The number of amides is 2. The van der Waals surface area contributed by atoms with Crippen LogP contribution in [-0.4, -0.2) is 16.9 Å². The van der Waals surface area contributed by atoms with Crippen molar-refractivity contribution >= 4 is 17.5 Å². The summed E-state index contributed by atoms with van der Waals surface area (Å²) < 4.78 is 0. The van der Waals surface area contributed by atoms with E-state index in [9.17, 15) is 14.7 Å². The highest BCUT2D eigenvalue weighted by Gasteiger charge is 2.62. The van der Waals surface area contributed by atoms with E-state index in [-0.39, 0.29) is 17.6 Å². The smallest absolute Gasteiger partial charge is 0.241 e. The number of imide groups is 1. The molecule has 0 radical (unpaired) electrons. The molecule has 1 aliphatic heterocycles. The lowest BCUT2D eigenvalue weighted by Crippen LogP contribution is -2.41. The standard InChI is InChI=1S/C24H23NO3/c1-4-16-13-14-19-22(27)25(17-10-6-5-7-11-17)23(28)24(19,3)20(16)18-12-8-9-15(2)21(18)26/h4-13,19-20,26H,1,14H2,2-3H3/t19-,20+,24+/m0/s1. The molecular weight excluding hydrogens is 350 g/mol. The largest absolute Gasteiger partial charge is 0.507 e. The maximum absolute atomic E-state index is 13.7. The third kappa shape index (κ3) is 2.37. The lowest BCUT2D eigenvalue weighted by atomic mass is 9.60. The third-order valence-corrected chi connectivity index (χ3v) is 6.26. The van der Waals surface area contributed by atoms with Crippen molar-refractivity contribution in [2.45, 2.75) is 26.2 Å². The number of benzene rings is 2. The molecule has 4 heteroatoms. The minimum absolute atomic E-state index is 0.167. The Morgan fingerprint density at radius 3 is 2.54 bits per heavy atom. The van der Waals surface area contributed by atoms with Crippen molar-refractivity contribution in [3.8, 4) is 5.75 Å². The second-order valence-electron chi connectivity index (χ2n) is 7.74. The van der Waals surface area contributed by atoms with E-state index in [1.807, 2.05) is 56.3 Å². The van der Waals surface area contributed by atoms with Crippen LogP contribution in [0.4, 0.5) is 5.69 Å². The molecule has 28 heavy (non-hydrogen) atoms. The van der Waals surface area contributed by atoms with Gasteiger partial charge in [0.25, 0.3) is 0 Å². The minimum atomic E-state index is -0.990. The van der Waals surface area contributed by atoms with Crippen molar-refractivity contribution in [1.29, 1.82) is 0 Å². The molecule has 0 unspecified atom stereocenters. The lowest BCUT2D eigenvalue weighted by molar-refractivity contribution is -0.127. The first-order valence-electron chi connectivity index (χ1n) is 9.45. The number of hydrogen-bond donors (Lipinski definition) is 1. The molecule has 1 heterocycles. The molecule has 142 valence electrons. The summed E-state index contributed by atoms with van der Waals surface area (Å²) in [7, 11) is 0. The van der Waals surface area contributed by atoms with E-state index in [0.29, 0.717) is 17.7 Å². The van der Waals surface area contributed by atoms with E-state index < -0.39 is 17.3 Å². The topological polar surface area (TPSA) is 57.6 Å². The van der Waals surface area contributed by atoms with Crippen LogP contribution in [0.1, 0.15) is 30.4 Å². The molecule has 0 bridgehead atoms. The number of allylic oxidation sites excluding steroid dienone is 3. The van der Waals surface area contributed by atoms with Crippen LogP contribution in [0.3, 0.4) is 0 Å². The van der Waals surface area contributed by atoms with Crippen molar-refractivity contribution in [1.82, 2.24) is 0 Å². The number of hydrogen-bond acceptors (Lipinski definition) is 3. The maximum atomic E-state index is 13.7. The number of carbonyl (C=O) groups is 2. The molecular formula is C24H23NO3. The fraction of sp³-hybridized carbons (Fsp3) is 0.250. The molecule has 0 spiro atoms. The van der Waals surface area contributed by atoms with Crippen molar-refractivity contribution in [3.05, 3.63) is 84.0 Å². The zero-order chi connectivity index (χ0) is 20.1. The monoisotopic (exact) mass is 373 g/mol. The molecule has 1 saturated heterocycles. The van der Waals surface area contributed by atoms with Crippen LogP contribution in [0.15, 0.2) is 72.8 Å². The summed E-state index contributed by atoms with van der Waals surface area (Å²) in [4.78, 5) is 28.3. The van der Waals surface area contributed by atoms with Crippen LogP contribution in [0.5, 0.6) is 5.75 Å². The van der Waals surface area contributed by atoms with Gasteiger partial charge < -0.3 is 5.11 Å². The second kappa shape index (κ2) is 6.48. The molecule has 0 aromatic heterocycles. The van der Waals surface area contributed by atoms with Gasteiger partial charge in [0.1, 0.15) is 5.75 Å². The van der Waals surface area contributed by atoms with Gasteiger partial charge in [0, 0.05) is 11.5 Å². The van der Waals surface area contributed by atoms with Crippen LogP contribution < -0.4 is 4.90 Å². The molecule has 3 atom stereocenters. The van der Waals surface area contributed by atoms with Gasteiger partial charge in [-0.15, -0.1) is 0 Å². The molecule has 2 aliphatic rings. The van der Waals surface area contributed by atoms with Crippen molar-refractivity contribution in [2.75, 3.05) is 4.90 Å². The molecule has 0 saturated carbocycles. The highest BCUT2D eigenvalue weighted by molar-refractivity contribution is 6.24. The number of phenols is 1. The molecule has 4 rings (SSSR count). The Labute approximate surface area is 164 Å². The Kier molecular flexibility index (Phi) is 4.22. The quantitative estimate of drug-likeness (QED) is 0.806. The first kappa shape index (κ1) is 18.2. The number of aryl methyl sites for hydroxylation is 1. The second-order valence-corrected chi connectivity index (χ2v) is 7.74.